The number of aryl methyl sites for hydroxylation is 2. The second-order valence-electron chi connectivity index (χ2n) is 6.06. The van der Waals surface area contributed by atoms with E-state index in [2.05, 4.69) is 57.1 Å². The molecule has 0 atom stereocenters. The summed E-state index contributed by atoms with van der Waals surface area (Å²) in [5.41, 5.74) is 4.53. The van der Waals surface area contributed by atoms with Gasteiger partial charge in [-0.05, 0) is 59.7 Å². The number of tetrazole rings is 1. The van der Waals surface area contributed by atoms with Crippen molar-refractivity contribution in [3.8, 4) is 11.4 Å². The van der Waals surface area contributed by atoms with Crippen LogP contribution >= 0.6 is 11.8 Å². The zero-order valence-electron chi connectivity index (χ0n) is 14.6. The highest BCUT2D eigenvalue weighted by atomic mass is 32.2. The van der Waals surface area contributed by atoms with Crippen LogP contribution in [0.15, 0.2) is 66.1 Å². The van der Waals surface area contributed by atoms with Crippen molar-refractivity contribution in [3.63, 3.8) is 0 Å². The number of nitrogens with zero attached hydrogens (tertiary/aromatic N) is 6. The van der Waals surface area contributed by atoms with E-state index in [-0.39, 0.29) is 0 Å². The van der Waals surface area contributed by atoms with Crippen LogP contribution in [0.25, 0.3) is 11.4 Å². The Morgan fingerprint density at radius 2 is 1.73 bits per heavy atom. The fraction of sp³-hybridized carbons (Fsp3) is 0.158. The van der Waals surface area contributed by atoms with Crippen LogP contribution in [0.5, 0.6) is 0 Å². The smallest absolute Gasteiger partial charge is 0.173 e. The van der Waals surface area contributed by atoms with Gasteiger partial charge in [-0.2, -0.15) is 4.68 Å². The van der Waals surface area contributed by atoms with Crippen molar-refractivity contribution in [2.45, 2.75) is 24.8 Å². The van der Waals surface area contributed by atoms with Crippen molar-refractivity contribution in [1.29, 1.82) is 0 Å². The average molecular weight is 362 g/mol. The van der Waals surface area contributed by atoms with Gasteiger partial charge in [0.15, 0.2) is 11.0 Å². The Bertz CT molecular complexity index is 1000. The molecule has 0 saturated heterocycles. The number of para-hydroxylation sites is 1. The highest BCUT2D eigenvalue weighted by Crippen LogP contribution is 2.25. The van der Waals surface area contributed by atoms with Crippen molar-refractivity contribution >= 4 is 11.8 Å². The van der Waals surface area contributed by atoms with Crippen LogP contribution in [0.2, 0.25) is 0 Å². The summed E-state index contributed by atoms with van der Waals surface area (Å²) in [5.74, 6) is 1.42. The Kier molecular flexibility index (Phi) is 4.53. The molecular formula is C19H18N6S. The molecule has 4 aromatic rings. The van der Waals surface area contributed by atoms with E-state index in [1.807, 2.05) is 42.7 Å². The van der Waals surface area contributed by atoms with Gasteiger partial charge in [0, 0.05) is 18.1 Å². The average Bonchev–Trinajstić information content (AvgIpc) is 3.29. The summed E-state index contributed by atoms with van der Waals surface area (Å²) >= 11 is 1.62. The maximum atomic E-state index is 4.50. The van der Waals surface area contributed by atoms with Gasteiger partial charge in [0.1, 0.15) is 0 Å². The zero-order chi connectivity index (χ0) is 17.9. The first-order chi connectivity index (χ1) is 12.7. The van der Waals surface area contributed by atoms with Gasteiger partial charge < -0.3 is 0 Å². The lowest BCUT2D eigenvalue weighted by Crippen LogP contribution is -2.03. The number of thioether (sulfide) groups is 1. The molecule has 2 heterocycles. The Morgan fingerprint density at radius 1 is 0.962 bits per heavy atom. The van der Waals surface area contributed by atoms with Gasteiger partial charge in [-0.1, -0.05) is 36.0 Å². The van der Waals surface area contributed by atoms with E-state index in [1.165, 1.54) is 11.1 Å². The number of hydrogen-bond acceptors (Lipinski definition) is 5. The maximum absolute atomic E-state index is 4.50. The molecule has 0 radical (unpaired) electrons. The standard InChI is InChI=1S/C19H18N6S/c1-14-10-15(2)12-17(11-14)24-9-8-20-19(24)26-13-18-21-22-23-25(18)16-6-4-3-5-7-16/h3-12H,13H2,1-2H3. The lowest BCUT2D eigenvalue weighted by Gasteiger charge is -2.10. The minimum Gasteiger partial charge on any atom is -0.295 e. The molecule has 0 spiro atoms. The van der Waals surface area contributed by atoms with Gasteiger partial charge in [0.2, 0.25) is 0 Å². The zero-order valence-corrected chi connectivity index (χ0v) is 15.4. The van der Waals surface area contributed by atoms with Gasteiger partial charge >= 0.3 is 0 Å². The molecule has 0 aliphatic carbocycles. The van der Waals surface area contributed by atoms with Crippen LogP contribution in [0, 0.1) is 13.8 Å². The van der Waals surface area contributed by atoms with Crippen molar-refractivity contribution in [1.82, 2.24) is 29.8 Å². The van der Waals surface area contributed by atoms with E-state index < -0.39 is 0 Å². The fourth-order valence-electron chi connectivity index (χ4n) is 2.88. The van der Waals surface area contributed by atoms with Crippen LogP contribution in [0.3, 0.4) is 0 Å². The van der Waals surface area contributed by atoms with E-state index in [4.69, 9.17) is 0 Å². The van der Waals surface area contributed by atoms with E-state index in [0.717, 1.165) is 22.4 Å². The molecule has 0 bridgehead atoms. The summed E-state index contributed by atoms with van der Waals surface area (Å²) in [6.07, 6.45) is 3.80. The quantitative estimate of drug-likeness (QED) is 0.506. The number of rotatable bonds is 5. The molecule has 4 rings (SSSR count). The van der Waals surface area contributed by atoms with E-state index in [0.29, 0.717) is 5.75 Å². The number of hydrogen-bond donors (Lipinski definition) is 0. The molecule has 7 heteroatoms. The molecule has 0 saturated carbocycles. The van der Waals surface area contributed by atoms with Crippen molar-refractivity contribution in [3.05, 3.63) is 77.9 Å². The molecule has 0 unspecified atom stereocenters. The molecule has 2 aromatic carbocycles. The lowest BCUT2D eigenvalue weighted by atomic mass is 10.1. The molecule has 0 aliphatic rings. The normalized spacial score (nSPS) is 11.0. The number of benzene rings is 2. The highest BCUT2D eigenvalue weighted by molar-refractivity contribution is 7.98. The lowest BCUT2D eigenvalue weighted by molar-refractivity contribution is 0.777. The predicted octanol–water partition coefficient (Wildman–Crippen LogP) is 3.76. The molecule has 26 heavy (non-hydrogen) atoms. The molecular weight excluding hydrogens is 344 g/mol. The number of aromatic nitrogens is 6. The van der Waals surface area contributed by atoms with Gasteiger partial charge in [-0.25, -0.2) is 4.98 Å². The van der Waals surface area contributed by atoms with Crippen LogP contribution < -0.4 is 0 Å². The molecule has 0 amide bonds. The minimum atomic E-state index is 0.629. The predicted molar refractivity (Wildman–Crippen MR) is 102 cm³/mol. The van der Waals surface area contributed by atoms with Crippen LogP contribution in [-0.4, -0.2) is 29.8 Å². The van der Waals surface area contributed by atoms with Gasteiger partial charge in [0.05, 0.1) is 11.4 Å². The Balaban J connectivity index is 1.58. The van der Waals surface area contributed by atoms with Gasteiger partial charge in [-0.3, -0.25) is 4.57 Å². The van der Waals surface area contributed by atoms with Gasteiger partial charge in [-0.15, -0.1) is 5.10 Å². The van der Waals surface area contributed by atoms with Crippen molar-refractivity contribution < 1.29 is 0 Å². The molecule has 0 fully saturated rings. The molecule has 130 valence electrons. The summed E-state index contributed by atoms with van der Waals surface area (Å²) in [6.45, 7) is 4.21. The minimum absolute atomic E-state index is 0.629. The van der Waals surface area contributed by atoms with E-state index in [1.54, 1.807) is 16.4 Å². The highest BCUT2D eigenvalue weighted by Gasteiger charge is 2.12. The first-order valence-corrected chi connectivity index (χ1v) is 9.27. The summed E-state index contributed by atoms with van der Waals surface area (Å²) in [4.78, 5) is 4.50. The van der Waals surface area contributed by atoms with Crippen LogP contribution in [-0.2, 0) is 5.75 Å². The Hall–Kier alpha value is -2.93. The Labute approximate surface area is 155 Å². The SMILES string of the molecule is Cc1cc(C)cc(-n2ccnc2SCc2nnnn2-c2ccccc2)c1. The second-order valence-corrected chi connectivity index (χ2v) is 7.00. The summed E-state index contributed by atoms with van der Waals surface area (Å²) in [5, 5.41) is 13.0. The molecule has 0 aliphatic heterocycles. The summed E-state index contributed by atoms with van der Waals surface area (Å²) in [6, 6.07) is 16.4. The largest absolute Gasteiger partial charge is 0.295 e. The fourth-order valence-corrected chi connectivity index (χ4v) is 3.76. The van der Waals surface area contributed by atoms with E-state index in [9.17, 15) is 0 Å². The Morgan fingerprint density at radius 3 is 2.50 bits per heavy atom. The van der Waals surface area contributed by atoms with Crippen molar-refractivity contribution in [2.75, 3.05) is 0 Å². The molecule has 2 aromatic heterocycles. The van der Waals surface area contributed by atoms with E-state index >= 15 is 0 Å². The third kappa shape index (κ3) is 3.39. The molecule has 0 N–H and O–H groups in total. The monoisotopic (exact) mass is 362 g/mol. The molecule has 6 nitrogen and oxygen atoms in total. The summed E-state index contributed by atoms with van der Waals surface area (Å²) in [7, 11) is 0. The van der Waals surface area contributed by atoms with Crippen LogP contribution in [0.1, 0.15) is 17.0 Å². The second kappa shape index (κ2) is 7.13. The topological polar surface area (TPSA) is 61.4 Å². The van der Waals surface area contributed by atoms with Crippen molar-refractivity contribution in [2.24, 2.45) is 0 Å². The third-order valence-corrected chi connectivity index (χ3v) is 4.92. The maximum Gasteiger partial charge on any atom is 0.173 e. The van der Waals surface area contributed by atoms with Crippen LogP contribution in [0.4, 0.5) is 0 Å². The first kappa shape index (κ1) is 16.5. The third-order valence-electron chi connectivity index (χ3n) is 3.96. The summed E-state index contributed by atoms with van der Waals surface area (Å²) < 4.78 is 3.86. The number of imidazole rings is 1. The van der Waals surface area contributed by atoms with Gasteiger partial charge in [0.25, 0.3) is 0 Å². The first-order valence-electron chi connectivity index (χ1n) is 8.28.